The lowest BCUT2D eigenvalue weighted by Gasteiger charge is -2.09. The third kappa shape index (κ3) is 2.90. The van der Waals surface area contributed by atoms with Crippen molar-refractivity contribution in [3.63, 3.8) is 0 Å². The van der Waals surface area contributed by atoms with Crippen LogP contribution in [0.4, 0.5) is 0 Å². The van der Waals surface area contributed by atoms with Crippen molar-refractivity contribution in [3.05, 3.63) is 11.7 Å². The van der Waals surface area contributed by atoms with Crippen molar-refractivity contribution in [2.45, 2.75) is 44.6 Å². The molecular formula is C13H21N3O2. The molecule has 18 heavy (non-hydrogen) atoms. The monoisotopic (exact) mass is 251 g/mol. The Morgan fingerprint density at radius 2 is 2.22 bits per heavy atom. The first-order valence-electron chi connectivity index (χ1n) is 7.05. The van der Waals surface area contributed by atoms with Crippen molar-refractivity contribution in [3.8, 4) is 0 Å². The van der Waals surface area contributed by atoms with Gasteiger partial charge in [0.2, 0.25) is 5.89 Å². The molecule has 3 heterocycles. The van der Waals surface area contributed by atoms with Gasteiger partial charge in [-0.05, 0) is 31.7 Å². The van der Waals surface area contributed by atoms with Crippen LogP contribution in [-0.4, -0.2) is 29.9 Å². The van der Waals surface area contributed by atoms with Crippen LogP contribution in [0.15, 0.2) is 4.52 Å². The average molecular weight is 251 g/mol. The molecule has 3 rings (SSSR count). The van der Waals surface area contributed by atoms with E-state index in [0.29, 0.717) is 5.92 Å². The fraction of sp³-hybridized carbons (Fsp3) is 0.846. The summed E-state index contributed by atoms with van der Waals surface area (Å²) < 4.78 is 10.8. The SMILES string of the molecule is C1CCNC(c2nc(CC3CCOC3)no2)CC1. The zero-order valence-corrected chi connectivity index (χ0v) is 10.7. The third-order valence-electron chi connectivity index (χ3n) is 3.84. The van der Waals surface area contributed by atoms with Gasteiger partial charge in [-0.15, -0.1) is 0 Å². The van der Waals surface area contributed by atoms with E-state index >= 15 is 0 Å². The number of nitrogens with zero attached hydrogens (tertiary/aromatic N) is 2. The Labute approximate surface area is 107 Å². The molecule has 2 saturated heterocycles. The number of ether oxygens (including phenoxy) is 1. The highest BCUT2D eigenvalue weighted by molar-refractivity contribution is 4.95. The lowest BCUT2D eigenvalue weighted by atomic mass is 10.1. The van der Waals surface area contributed by atoms with Gasteiger partial charge in [-0.1, -0.05) is 18.0 Å². The van der Waals surface area contributed by atoms with E-state index in [0.717, 1.165) is 50.7 Å². The first-order valence-corrected chi connectivity index (χ1v) is 7.05. The van der Waals surface area contributed by atoms with Crippen molar-refractivity contribution in [1.82, 2.24) is 15.5 Å². The lowest BCUT2D eigenvalue weighted by molar-refractivity contribution is 0.185. The van der Waals surface area contributed by atoms with Crippen molar-refractivity contribution >= 4 is 0 Å². The minimum absolute atomic E-state index is 0.258. The van der Waals surface area contributed by atoms with Crippen molar-refractivity contribution in [1.29, 1.82) is 0 Å². The van der Waals surface area contributed by atoms with E-state index in [1.165, 1.54) is 19.3 Å². The van der Waals surface area contributed by atoms with E-state index in [1.807, 2.05) is 0 Å². The fourth-order valence-electron chi connectivity index (χ4n) is 2.73. The molecule has 0 aliphatic carbocycles. The second-order valence-corrected chi connectivity index (χ2v) is 5.34. The molecule has 2 fully saturated rings. The van der Waals surface area contributed by atoms with Crippen LogP contribution in [0.3, 0.4) is 0 Å². The molecule has 1 aromatic rings. The Balaban J connectivity index is 1.60. The molecule has 2 atom stereocenters. The molecular weight excluding hydrogens is 230 g/mol. The Morgan fingerprint density at radius 3 is 3.11 bits per heavy atom. The Kier molecular flexibility index (Phi) is 3.90. The zero-order chi connectivity index (χ0) is 12.2. The van der Waals surface area contributed by atoms with Gasteiger partial charge < -0.3 is 14.6 Å². The van der Waals surface area contributed by atoms with Crippen molar-refractivity contribution in [2.24, 2.45) is 5.92 Å². The van der Waals surface area contributed by atoms with Crippen LogP contribution in [0, 0.1) is 5.92 Å². The first-order chi connectivity index (χ1) is 8.92. The molecule has 2 aliphatic heterocycles. The highest BCUT2D eigenvalue weighted by Gasteiger charge is 2.22. The van der Waals surface area contributed by atoms with Crippen LogP contribution >= 0.6 is 0 Å². The molecule has 0 aromatic carbocycles. The van der Waals surface area contributed by atoms with E-state index in [4.69, 9.17) is 9.26 Å². The molecule has 0 bridgehead atoms. The van der Waals surface area contributed by atoms with Crippen LogP contribution in [0.25, 0.3) is 0 Å². The van der Waals surface area contributed by atoms with E-state index in [-0.39, 0.29) is 6.04 Å². The summed E-state index contributed by atoms with van der Waals surface area (Å²) in [4.78, 5) is 4.54. The zero-order valence-electron chi connectivity index (χ0n) is 10.7. The maximum Gasteiger partial charge on any atom is 0.243 e. The summed E-state index contributed by atoms with van der Waals surface area (Å²) in [5.41, 5.74) is 0. The minimum atomic E-state index is 0.258. The number of hydrogen-bond donors (Lipinski definition) is 1. The van der Waals surface area contributed by atoms with Gasteiger partial charge in [-0.3, -0.25) is 0 Å². The van der Waals surface area contributed by atoms with Gasteiger partial charge in [0.15, 0.2) is 5.82 Å². The Morgan fingerprint density at radius 1 is 1.22 bits per heavy atom. The summed E-state index contributed by atoms with van der Waals surface area (Å²) in [7, 11) is 0. The summed E-state index contributed by atoms with van der Waals surface area (Å²) >= 11 is 0. The van der Waals surface area contributed by atoms with Gasteiger partial charge in [0.1, 0.15) is 0 Å². The summed E-state index contributed by atoms with van der Waals surface area (Å²) in [6.07, 6.45) is 6.89. The molecule has 5 heteroatoms. The highest BCUT2D eigenvalue weighted by atomic mass is 16.5. The molecule has 2 aliphatic rings. The second-order valence-electron chi connectivity index (χ2n) is 5.34. The van der Waals surface area contributed by atoms with Crippen LogP contribution in [0.2, 0.25) is 0 Å². The lowest BCUT2D eigenvalue weighted by Crippen LogP contribution is -2.20. The molecule has 0 spiro atoms. The maximum atomic E-state index is 5.41. The largest absolute Gasteiger partial charge is 0.381 e. The average Bonchev–Trinajstić information content (AvgIpc) is 2.97. The van der Waals surface area contributed by atoms with Gasteiger partial charge >= 0.3 is 0 Å². The normalized spacial score (nSPS) is 29.3. The molecule has 100 valence electrons. The Hall–Kier alpha value is -0.940. The number of rotatable bonds is 3. The van der Waals surface area contributed by atoms with E-state index in [9.17, 15) is 0 Å². The first kappa shape index (κ1) is 12.1. The van der Waals surface area contributed by atoms with Crippen LogP contribution in [-0.2, 0) is 11.2 Å². The molecule has 0 amide bonds. The van der Waals surface area contributed by atoms with Crippen molar-refractivity contribution < 1.29 is 9.26 Å². The van der Waals surface area contributed by atoms with E-state index in [1.54, 1.807) is 0 Å². The smallest absolute Gasteiger partial charge is 0.243 e. The molecule has 0 saturated carbocycles. The van der Waals surface area contributed by atoms with Gasteiger partial charge in [0.25, 0.3) is 0 Å². The minimum Gasteiger partial charge on any atom is -0.381 e. The number of hydrogen-bond acceptors (Lipinski definition) is 5. The van der Waals surface area contributed by atoms with Crippen LogP contribution in [0.5, 0.6) is 0 Å². The van der Waals surface area contributed by atoms with Gasteiger partial charge in [-0.25, -0.2) is 0 Å². The quantitative estimate of drug-likeness (QED) is 0.888. The molecule has 2 unspecified atom stereocenters. The van der Waals surface area contributed by atoms with Crippen molar-refractivity contribution in [2.75, 3.05) is 19.8 Å². The Bertz CT molecular complexity index is 366. The summed E-state index contributed by atoms with van der Waals surface area (Å²) in [5, 5.41) is 7.59. The standard InChI is InChI=1S/C13H21N3O2/c1-2-4-11(14-6-3-1)13-15-12(16-18-13)8-10-5-7-17-9-10/h10-11,14H,1-9H2. The van der Waals surface area contributed by atoms with Gasteiger partial charge in [0.05, 0.1) is 6.04 Å². The molecule has 0 radical (unpaired) electrons. The van der Waals surface area contributed by atoms with E-state index in [2.05, 4.69) is 15.5 Å². The van der Waals surface area contributed by atoms with Crippen LogP contribution in [0.1, 0.15) is 49.9 Å². The molecule has 1 aromatic heterocycles. The number of nitrogens with one attached hydrogen (secondary N) is 1. The molecule has 5 nitrogen and oxygen atoms in total. The summed E-state index contributed by atoms with van der Waals surface area (Å²) in [5.74, 6) is 2.18. The predicted molar refractivity (Wildman–Crippen MR) is 66.1 cm³/mol. The van der Waals surface area contributed by atoms with Crippen LogP contribution < -0.4 is 5.32 Å². The van der Waals surface area contributed by atoms with Gasteiger partial charge in [-0.2, -0.15) is 4.98 Å². The van der Waals surface area contributed by atoms with E-state index < -0.39 is 0 Å². The fourth-order valence-corrected chi connectivity index (χ4v) is 2.73. The third-order valence-corrected chi connectivity index (χ3v) is 3.84. The topological polar surface area (TPSA) is 60.2 Å². The number of aromatic nitrogens is 2. The summed E-state index contributed by atoms with van der Waals surface area (Å²) in [6.45, 7) is 2.77. The second kappa shape index (κ2) is 5.80. The van der Waals surface area contributed by atoms with Gasteiger partial charge in [0, 0.05) is 19.6 Å². The predicted octanol–water partition coefficient (Wildman–Crippen LogP) is 1.85. The summed E-state index contributed by atoms with van der Waals surface area (Å²) in [6, 6.07) is 0.258. The maximum absolute atomic E-state index is 5.41. The molecule has 1 N–H and O–H groups in total. The highest BCUT2D eigenvalue weighted by Crippen LogP contribution is 2.22.